The second kappa shape index (κ2) is 8.05. The van der Waals surface area contributed by atoms with Crippen LogP contribution >= 0.6 is 0 Å². The van der Waals surface area contributed by atoms with Crippen molar-refractivity contribution in [1.29, 1.82) is 0 Å². The zero-order chi connectivity index (χ0) is 15.9. The Kier molecular flexibility index (Phi) is 6.72. The van der Waals surface area contributed by atoms with Crippen molar-refractivity contribution in [1.82, 2.24) is 5.32 Å². The summed E-state index contributed by atoms with van der Waals surface area (Å²) in [6.45, 7) is 4.09. The number of alkyl halides is 3. The molecule has 0 saturated carbocycles. The minimum Gasteiger partial charge on any atom is -0.349 e. The lowest BCUT2D eigenvalue weighted by atomic mass is 10.0. The first-order valence-electron chi connectivity index (χ1n) is 7.36. The standard InChI is InChI=1S/C16H22F3NO/c1-3-5-10-14(7-4-2)20-15(21)12-8-6-9-13(11-12)16(17,18)19/h6,8-9,11,14H,3-5,7,10H2,1-2H3,(H,20,21). The molecule has 0 fully saturated rings. The van der Waals surface area contributed by atoms with Gasteiger partial charge < -0.3 is 5.32 Å². The van der Waals surface area contributed by atoms with E-state index in [9.17, 15) is 18.0 Å². The molecule has 1 aromatic rings. The van der Waals surface area contributed by atoms with Crippen molar-refractivity contribution in [3.05, 3.63) is 35.4 Å². The summed E-state index contributed by atoms with van der Waals surface area (Å²) in [5.74, 6) is -0.435. The van der Waals surface area contributed by atoms with Gasteiger partial charge in [-0.2, -0.15) is 13.2 Å². The molecule has 0 aliphatic rings. The van der Waals surface area contributed by atoms with Crippen molar-refractivity contribution < 1.29 is 18.0 Å². The van der Waals surface area contributed by atoms with E-state index in [2.05, 4.69) is 12.2 Å². The lowest BCUT2D eigenvalue weighted by Gasteiger charge is -2.18. The van der Waals surface area contributed by atoms with Crippen LogP contribution in [0.3, 0.4) is 0 Å². The number of rotatable bonds is 7. The topological polar surface area (TPSA) is 29.1 Å². The molecule has 2 nitrogen and oxygen atoms in total. The number of nitrogens with one attached hydrogen (secondary N) is 1. The predicted molar refractivity (Wildman–Crippen MR) is 77.1 cm³/mol. The van der Waals surface area contributed by atoms with Gasteiger partial charge in [0, 0.05) is 11.6 Å². The second-order valence-electron chi connectivity index (χ2n) is 5.18. The summed E-state index contributed by atoms with van der Waals surface area (Å²) >= 11 is 0. The van der Waals surface area contributed by atoms with Gasteiger partial charge in [-0.1, -0.05) is 39.2 Å². The van der Waals surface area contributed by atoms with Gasteiger partial charge in [-0.3, -0.25) is 4.79 Å². The molecule has 118 valence electrons. The fourth-order valence-corrected chi connectivity index (χ4v) is 2.19. The minimum atomic E-state index is -4.43. The van der Waals surface area contributed by atoms with Crippen molar-refractivity contribution in [3.8, 4) is 0 Å². The first kappa shape index (κ1) is 17.5. The average molecular weight is 301 g/mol. The van der Waals surface area contributed by atoms with Crippen LogP contribution in [0.15, 0.2) is 24.3 Å². The number of hydrogen-bond donors (Lipinski definition) is 1. The predicted octanol–water partition coefficient (Wildman–Crippen LogP) is 4.79. The van der Waals surface area contributed by atoms with Crippen LogP contribution in [0, 0.1) is 0 Å². The van der Waals surface area contributed by atoms with Crippen molar-refractivity contribution >= 4 is 5.91 Å². The fraction of sp³-hybridized carbons (Fsp3) is 0.562. The highest BCUT2D eigenvalue weighted by atomic mass is 19.4. The fourth-order valence-electron chi connectivity index (χ4n) is 2.19. The van der Waals surface area contributed by atoms with Crippen molar-refractivity contribution in [2.75, 3.05) is 0 Å². The molecule has 0 aromatic heterocycles. The van der Waals surface area contributed by atoms with E-state index in [1.165, 1.54) is 12.1 Å². The molecule has 1 aromatic carbocycles. The van der Waals surface area contributed by atoms with Gasteiger partial charge in [-0.15, -0.1) is 0 Å². The average Bonchev–Trinajstić information content (AvgIpc) is 2.44. The molecule has 0 spiro atoms. The van der Waals surface area contributed by atoms with Gasteiger partial charge in [0.15, 0.2) is 0 Å². The number of carbonyl (C=O) groups excluding carboxylic acids is 1. The van der Waals surface area contributed by atoms with Crippen LogP contribution in [0.2, 0.25) is 0 Å². The lowest BCUT2D eigenvalue weighted by molar-refractivity contribution is -0.137. The van der Waals surface area contributed by atoms with E-state index in [4.69, 9.17) is 0 Å². The molecule has 0 aliphatic heterocycles. The first-order chi connectivity index (χ1) is 9.88. The van der Waals surface area contributed by atoms with Crippen LogP contribution in [0.25, 0.3) is 0 Å². The smallest absolute Gasteiger partial charge is 0.349 e. The third-order valence-corrected chi connectivity index (χ3v) is 3.33. The summed E-state index contributed by atoms with van der Waals surface area (Å²) in [5.41, 5.74) is -0.738. The molecular weight excluding hydrogens is 279 g/mol. The Morgan fingerprint density at radius 2 is 1.90 bits per heavy atom. The molecule has 0 radical (unpaired) electrons. The molecule has 1 N–H and O–H groups in total. The van der Waals surface area contributed by atoms with Crippen LogP contribution in [-0.2, 0) is 6.18 Å². The summed E-state index contributed by atoms with van der Waals surface area (Å²) in [7, 11) is 0. The molecule has 0 saturated heterocycles. The van der Waals surface area contributed by atoms with E-state index in [1.54, 1.807) is 0 Å². The van der Waals surface area contributed by atoms with Gasteiger partial charge in [-0.05, 0) is 31.0 Å². The molecular formula is C16H22F3NO. The third-order valence-electron chi connectivity index (χ3n) is 3.33. The molecule has 5 heteroatoms. The van der Waals surface area contributed by atoms with E-state index in [0.717, 1.165) is 44.2 Å². The second-order valence-corrected chi connectivity index (χ2v) is 5.18. The Morgan fingerprint density at radius 1 is 1.19 bits per heavy atom. The van der Waals surface area contributed by atoms with Gasteiger partial charge in [-0.25, -0.2) is 0 Å². The molecule has 1 rings (SSSR count). The molecule has 1 atom stereocenters. The lowest BCUT2D eigenvalue weighted by Crippen LogP contribution is -2.34. The Morgan fingerprint density at radius 3 is 2.48 bits per heavy atom. The number of unbranched alkanes of at least 4 members (excludes halogenated alkanes) is 1. The number of carbonyl (C=O) groups is 1. The molecule has 1 unspecified atom stereocenters. The zero-order valence-corrected chi connectivity index (χ0v) is 12.5. The highest BCUT2D eigenvalue weighted by molar-refractivity contribution is 5.94. The summed E-state index contributed by atoms with van der Waals surface area (Å²) in [4.78, 5) is 12.1. The number of halogens is 3. The summed E-state index contributed by atoms with van der Waals surface area (Å²) in [6, 6.07) is 4.57. The van der Waals surface area contributed by atoms with E-state index >= 15 is 0 Å². The van der Waals surface area contributed by atoms with Gasteiger partial charge in [0.1, 0.15) is 0 Å². The van der Waals surface area contributed by atoms with Crippen molar-refractivity contribution in [2.45, 2.75) is 58.2 Å². The molecule has 0 bridgehead atoms. The van der Waals surface area contributed by atoms with Gasteiger partial charge >= 0.3 is 6.18 Å². The normalized spacial score (nSPS) is 13.0. The Bertz CT molecular complexity index is 457. The minimum absolute atomic E-state index is 0.0250. The van der Waals surface area contributed by atoms with Gasteiger partial charge in [0.2, 0.25) is 0 Å². The monoisotopic (exact) mass is 301 g/mol. The summed E-state index contributed by atoms with van der Waals surface area (Å²) < 4.78 is 37.9. The van der Waals surface area contributed by atoms with Crippen LogP contribution in [-0.4, -0.2) is 11.9 Å². The van der Waals surface area contributed by atoms with Crippen LogP contribution < -0.4 is 5.32 Å². The maximum absolute atomic E-state index is 12.6. The SMILES string of the molecule is CCCCC(CCC)NC(=O)c1cccc(C(F)(F)F)c1. The van der Waals surface area contributed by atoms with Crippen LogP contribution in [0.1, 0.15) is 61.9 Å². The van der Waals surface area contributed by atoms with Crippen LogP contribution in [0.4, 0.5) is 13.2 Å². The Hall–Kier alpha value is -1.52. The first-order valence-corrected chi connectivity index (χ1v) is 7.36. The molecule has 0 heterocycles. The van der Waals surface area contributed by atoms with Gasteiger partial charge in [0.25, 0.3) is 5.91 Å². The quantitative estimate of drug-likeness (QED) is 0.770. The third kappa shape index (κ3) is 5.78. The Labute approximate surface area is 123 Å². The molecule has 21 heavy (non-hydrogen) atoms. The van der Waals surface area contributed by atoms with Gasteiger partial charge in [0.05, 0.1) is 5.56 Å². The van der Waals surface area contributed by atoms with Crippen molar-refractivity contribution in [3.63, 3.8) is 0 Å². The van der Waals surface area contributed by atoms with Crippen molar-refractivity contribution in [2.24, 2.45) is 0 Å². The molecule has 0 aliphatic carbocycles. The van der Waals surface area contributed by atoms with E-state index < -0.39 is 17.6 Å². The largest absolute Gasteiger partial charge is 0.416 e. The molecule has 1 amide bonds. The number of amides is 1. The maximum atomic E-state index is 12.6. The Balaban J connectivity index is 2.77. The maximum Gasteiger partial charge on any atom is 0.416 e. The summed E-state index contributed by atoms with van der Waals surface area (Å²) in [5, 5.41) is 2.84. The highest BCUT2D eigenvalue weighted by Gasteiger charge is 2.31. The van der Waals surface area contributed by atoms with E-state index in [1.807, 2.05) is 6.92 Å². The zero-order valence-electron chi connectivity index (χ0n) is 12.5. The van der Waals surface area contributed by atoms with E-state index in [0.29, 0.717) is 0 Å². The number of hydrogen-bond acceptors (Lipinski definition) is 1. The van der Waals surface area contributed by atoms with Crippen LogP contribution in [0.5, 0.6) is 0 Å². The highest BCUT2D eigenvalue weighted by Crippen LogP contribution is 2.29. The van der Waals surface area contributed by atoms with E-state index in [-0.39, 0.29) is 11.6 Å². The number of benzene rings is 1. The summed E-state index contributed by atoms with van der Waals surface area (Å²) in [6.07, 6.45) is 0.214.